The van der Waals surface area contributed by atoms with Crippen LogP contribution in [0.2, 0.25) is 5.15 Å². The highest BCUT2D eigenvalue weighted by atomic mass is 35.5. The molecule has 1 aliphatic heterocycles. The van der Waals surface area contributed by atoms with Crippen molar-refractivity contribution in [3.05, 3.63) is 23.5 Å². The molecule has 0 aliphatic carbocycles. The second-order valence-electron chi connectivity index (χ2n) is 4.16. The Hall–Kier alpha value is -0.730. The third-order valence-corrected chi connectivity index (χ3v) is 5.41. The summed E-state index contributed by atoms with van der Waals surface area (Å²) < 4.78 is 36.7. The molecule has 1 fully saturated rings. The molecule has 2 atom stereocenters. The number of halogens is 1. The van der Waals surface area contributed by atoms with Gasteiger partial charge in [0.25, 0.3) is 0 Å². The van der Waals surface area contributed by atoms with Crippen LogP contribution in [0.5, 0.6) is 0 Å². The Balaban J connectivity index is 2.30. The number of sulfonamides is 1. The van der Waals surface area contributed by atoms with Crippen molar-refractivity contribution in [1.82, 2.24) is 9.29 Å². The fourth-order valence-electron chi connectivity index (χ4n) is 2.06. The highest BCUT2D eigenvalue weighted by molar-refractivity contribution is 7.89. The summed E-state index contributed by atoms with van der Waals surface area (Å²) in [7, 11) is -0.613. The van der Waals surface area contributed by atoms with E-state index in [0.717, 1.165) is 0 Å². The largest absolute Gasteiger partial charge is 0.377 e. The fourth-order valence-corrected chi connectivity index (χ4v) is 3.96. The number of hydrogen-bond acceptors (Lipinski definition) is 5. The minimum atomic E-state index is -3.68. The standard InChI is InChI=1S/C11H15ClN2O4S/c1-17-8-6-14(7-9(8)18-2)19(15,16)10-4-3-5-13-11(10)12/h3-5,8-9H,6-7H2,1-2H3. The molecule has 106 valence electrons. The predicted molar refractivity (Wildman–Crippen MR) is 69.6 cm³/mol. The zero-order chi connectivity index (χ0) is 14.0. The van der Waals surface area contributed by atoms with Crippen LogP contribution in [0.25, 0.3) is 0 Å². The van der Waals surface area contributed by atoms with Crippen LogP contribution in [0.1, 0.15) is 0 Å². The molecule has 1 aromatic heterocycles. The van der Waals surface area contributed by atoms with Gasteiger partial charge in [0.15, 0.2) is 0 Å². The van der Waals surface area contributed by atoms with Gasteiger partial charge < -0.3 is 9.47 Å². The average molecular weight is 307 g/mol. The maximum Gasteiger partial charge on any atom is 0.246 e. The SMILES string of the molecule is COC1CN(S(=O)(=O)c2cccnc2Cl)CC1OC. The van der Waals surface area contributed by atoms with Gasteiger partial charge in [-0.2, -0.15) is 4.31 Å². The lowest BCUT2D eigenvalue weighted by Crippen LogP contribution is -2.30. The number of nitrogens with zero attached hydrogens (tertiary/aromatic N) is 2. The van der Waals surface area contributed by atoms with E-state index in [1.165, 1.54) is 36.9 Å². The van der Waals surface area contributed by atoms with Gasteiger partial charge in [-0.1, -0.05) is 11.6 Å². The van der Waals surface area contributed by atoms with Gasteiger partial charge in [0, 0.05) is 33.5 Å². The molecule has 0 amide bonds. The smallest absolute Gasteiger partial charge is 0.246 e. The highest BCUT2D eigenvalue weighted by Gasteiger charge is 2.40. The molecule has 2 heterocycles. The summed E-state index contributed by atoms with van der Waals surface area (Å²) in [6.45, 7) is 0.477. The third-order valence-electron chi connectivity index (χ3n) is 3.13. The van der Waals surface area contributed by atoms with Crippen molar-refractivity contribution in [2.24, 2.45) is 0 Å². The van der Waals surface area contributed by atoms with Gasteiger partial charge in [0.2, 0.25) is 10.0 Å². The van der Waals surface area contributed by atoms with Crippen molar-refractivity contribution in [1.29, 1.82) is 0 Å². The van der Waals surface area contributed by atoms with Crippen molar-refractivity contribution in [2.75, 3.05) is 27.3 Å². The van der Waals surface area contributed by atoms with Gasteiger partial charge >= 0.3 is 0 Å². The monoisotopic (exact) mass is 306 g/mol. The first-order valence-electron chi connectivity index (χ1n) is 5.67. The molecule has 0 radical (unpaired) electrons. The van der Waals surface area contributed by atoms with Crippen molar-refractivity contribution >= 4 is 21.6 Å². The zero-order valence-corrected chi connectivity index (χ0v) is 12.2. The Bertz CT molecular complexity index is 539. The van der Waals surface area contributed by atoms with E-state index in [-0.39, 0.29) is 35.3 Å². The van der Waals surface area contributed by atoms with Gasteiger partial charge in [-0.05, 0) is 12.1 Å². The molecule has 0 saturated carbocycles. The molecule has 0 aromatic carbocycles. The fraction of sp³-hybridized carbons (Fsp3) is 0.545. The van der Waals surface area contributed by atoms with E-state index >= 15 is 0 Å². The molecule has 0 N–H and O–H groups in total. The topological polar surface area (TPSA) is 68.7 Å². The van der Waals surface area contributed by atoms with Crippen molar-refractivity contribution in [2.45, 2.75) is 17.1 Å². The van der Waals surface area contributed by atoms with Gasteiger partial charge in [-0.25, -0.2) is 13.4 Å². The normalized spacial score (nSPS) is 24.8. The number of methoxy groups -OCH3 is 2. The first-order valence-corrected chi connectivity index (χ1v) is 7.48. The van der Waals surface area contributed by atoms with Crippen molar-refractivity contribution < 1.29 is 17.9 Å². The molecule has 2 unspecified atom stereocenters. The van der Waals surface area contributed by atoms with E-state index in [0.29, 0.717) is 0 Å². The highest BCUT2D eigenvalue weighted by Crippen LogP contribution is 2.27. The molecule has 0 spiro atoms. The number of aromatic nitrogens is 1. The summed E-state index contributed by atoms with van der Waals surface area (Å²) in [6.07, 6.45) is 0.881. The molecule has 1 aromatic rings. The quantitative estimate of drug-likeness (QED) is 0.769. The molecule has 1 saturated heterocycles. The Kier molecular flexibility index (Phi) is 4.42. The molecule has 8 heteroatoms. The molecular formula is C11H15ClN2O4S. The maximum atomic E-state index is 12.5. The Morgan fingerprint density at radius 2 is 1.89 bits per heavy atom. The number of pyridine rings is 1. The summed E-state index contributed by atoms with van der Waals surface area (Å²) in [5.74, 6) is 0. The van der Waals surface area contributed by atoms with Crippen LogP contribution in [0.4, 0.5) is 0 Å². The van der Waals surface area contributed by atoms with E-state index in [4.69, 9.17) is 21.1 Å². The summed E-state index contributed by atoms with van der Waals surface area (Å²) in [6, 6.07) is 2.98. The van der Waals surface area contributed by atoms with Crippen LogP contribution in [-0.2, 0) is 19.5 Å². The molecule has 1 aliphatic rings. The summed E-state index contributed by atoms with van der Waals surface area (Å²) in [5.41, 5.74) is 0. The summed E-state index contributed by atoms with van der Waals surface area (Å²) in [5, 5.41) is -0.0302. The molecule has 0 bridgehead atoms. The zero-order valence-electron chi connectivity index (χ0n) is 10.6. The van der Waals surface area contributed by atoms with E-state index in [9.17, 15) is 8.42 Å². The van der Waals surface area contributed by atoms with Gasteiger partial charge in [-0.15, -0.1) is 0 Å². The lowest BCUT2D eigenvalue weighted by atomic mass is 10.3. The first-order chi connectivity index (χ1) is 9.00. The van der Waals surface area contributed by atoms with Crippen LogP contribution in [0.15, 0.2) is 23.2 Å². The van der Waals surface area contributed by atoms with Crippen molar-refractivity contribution in [3.8, 4) is 0 Å². The van der Waals surface area contributed by atoms with Crippen LogP contribution in [0, 0.1) is 0 Å². The Morgan fingerprint density at radius 1 is 1.32 bits per heavy atom. The van der Waals surface area contributed by atoms with Gasteiger partial charge in [0.1, 0.15) is 10.0 Å². The second-order valence-corrected chi connectivity index (χ2v) is 6.43. The summed E-state index contributed by atoms with van der Waals surface area (Å²) >= 11 is 5.85. The van der Waals surface area contributed by atoms with Crippen LogP contribution < -0.4 is 0 Å². The minimum Gasteiger partial charge on any atom is -0.377 e. The summed E-state index contributed by atoms with van der Waals surface area (Å²) in [4.78, 5) is 3.80. The van der Waals surface area contributed by atoms with E-state index in [1.807, 2.05) is 0 Å². The van der Waals surface area contributed by atoms with Crippen LogP contribution in [0.3, 0.4) is 0 Å². The Labute approximate surface area is 117 Å². The molecule has 19 heavy (non-hydrogen) atoms. The number of rotatable bonds is 4. The van der Waals surface area contributed by atoms with Crippen LogP contribution in [-0.4, -0.2) is 57.2 Å². The lowest BCUT2D eigenvalue weighted by Gasteiger charge is -2.16. The lowest BCUT2D eigenvalue weighted by molar-refractivity contribution is -0.00461. The van der Waals surface area contributed by atoms with Gasteiger partial charge in [0.05, 0.1) is 12.2 Å². The van der Waals surface area contributed by atoms with Crippen molar-refractivity contribution in [3.63, 3.8) is 0 Å². The number of hydrogen-bond donors (Lipinski definition) is 0. The first kappa shape index (κ1) is 14.7. The van der Waals surface area contributed by atoms with E-state index < -0.39 is 10.0 Å². The number of ether oxygens (including phenoxy) is 2. The Morgan fingerprint density at radius 3 is 2.37 bits per heavy atom. The van der Waals surface area contributed by atoms with E-state index in [2.05, 4.69) is 4.98 Å². The third kappa shape index (κ3) is 2.75. The maximum absolute atomic E-state index is 12.5. The molecule has 6 nitrogen and oxygen atoms in total. The average Bonchev–Trinajstić information content (AvgIpc) is 2.83. The second kappa shape index (κ2) is 5.72. The van der Waals surface area contributed by atoms with E-state index in [1.54, 1.807) is 0 Å². The molecule has 2 rings (SSSR count). The predicted octanol–water partition coefficient (Wildman–Crippen LogP) is 0.769. The minimum absolute atomic E-state index is 0.00303. The van der Waals surface area contributed by atoms with Gasteiger partial charge in [-0.3, -0.25) is 0 Å². The van der Waals surface area contributed by atoms with Crippen LogP contribution >= 0.6 is 11.6 Å². The molecular weight excluding hydrogens is 292 g/mol.